The van der Waals surface area contributed by atoms with E-state index >= 15 is 0 Å². The first-order chi connectivity index (χ1) is 10.4. The van der Waals surface area contributed by atoms with Crippen molar-refractivity contribution in [2.75, 3.05) is 5.75 Å². The Morgan fingerprint density at radius 2 is 1.59 bits per heavy atom. The fourth-order valence-corrected chi connectivity index (χ4v) is 4.71. The molecule has 4 N–H and O–H groups in total. The van der Waals surface area contributed by atoms with E-state index < -0.39 is 24.0 Å². The van der Waals surface area contributed by atoms with Crippen molar-refractivity contribution in [1.82, 2.24) is 0 Å². The molecule has 3 atom stereocenters. The fourth-order valence-electron chi connectivity index (χ4n) is 1.83. The minimum absolute atomic E-state index is 0.153. The van der Waals surface area contributed by atoms with Crippen LogP contribution >= 0.6 is 21.6 Å². The minimum atomic E-state index is -1.32. The predicted molar refractivity (Wildman–Crippen MR) is 87.8 cm³/mol. The predicted octanol–water partition coefficient (Wildman–Crippen LogP) is -0.359. The Morgan fingerprint density at radius 3 is 2.14 bits per heavy atom. The molecule has 0 bridgehead atoms. The molecular formula is C14H26N2O4S2-2. The van der Waals surface area contributed by atoms with Crippen molar-refractivity contribution in [1.29, 1.82) is 0 Å². The number of nitrogens with two attached hydrogens (primary N) is 2. The maximum absolute atomic E-state index is 10.9. The fraction of sp³-hybridized carbons (Fsp3) is 0.857. The zero-order valence-electron chi connectivity index (χ0n) is 13.0. The highest BCUT2D eigenvalue weighted by molar-refractivity contribution is 8.77. The third-order valence-corrected chi connectivity index (χ3v) is 6.22. The van der Waals surface area contributed by atoms with Gasteiger partial charge in [-0.05, 0) is 6.42 Å². The van der Waals surface area contributed by atoms with Crippen LogP contribution < -0.4 is 21.7 Å². The SMILES string of the molecule is CCCCCCCCC(SSCC(N)C(=O)[O-])C(N)C(=O)[O-]. The van der Waals surface area contributed by atoms with E-state index in [0.717, 1.165) is 19.3 Å². The van der Waals surface area contributed by atoms with E-state index in [0.29, 0.717) is 6.42 Å². The van der Waals surface area contributed by atoms with Crippen molar-refractivity contribution in [3.63, 3.8) is 0 Å². The second kappa shape index (κ2) is 13.0. The quantitative estimate of drug-likeness (QED) is 0.321. The van der Waals surface area contributed by atoms with Gasteiger partial charge in [0.15, 0.2) is 0 Å². The first-order valence-electron chi connectivity index (χ1n) is 7.61. The van der Waals surface area contributed by atoms with Gasteiger partial charge in [0.2, 0.25) is 0 Å². The summed E-state index contributed by atoms with van der Waals surface area (Å²) in [5, 5.41) is 21.1. The molecule has 0 aliphatic rings. The lowest BCUT2D eigenvalue weighted by Crippen LogP contribution is -2.48. The Bertz CT molecular complexity index is 332. The summed E-state index contributed by atoms with van der Waals surface area (Å²) >= 11 is 0. The number of aliphatic carboxylic acids is 2. The van der Waals surface area contributed by atoms with Crippen LogP contribution in [0.5, 0.6) is 0 Å². The van der Waals surface area contributed by atoms with E-state index in [-0.39, 0.29) is 11.0 Å². The van der Waals surface area contributed by atoms with Crippen LogP contribution in [0.15, 0.2) is 0 Å². The van der Waals surface area contributed by atoms with Gasteiger partial charge in [-0.1, -0.05) is 67.0 Å². The number of carboxylic acids is 2. The van der Waals surface area contributed by atoms with Crippen LogP contribution in [0, 0.1) is 0 Å². The molecule has 0 aromatic carbocycles. The van der Waals surface area contributed by atoms with Gasteiger partial charge in [0.05, 0.1) is 24.0 Å². The van der Waals surface area contributed by atoms with Gasteiger partial charge in [0.25, 0.3) is 0 Å². The zero-order valence-corrected chi connectivity index (χ0v) is 14.6. The van der Waals surface area contributed by atoms with Crippen LogP contribution in [0.1, 0.15) is 51.9 Å². The smallest absolute Gasteiger partial charge is 0.0593 e. The van der Waals surface area contributed by atoms with E-state index in [1.54, 1.807) is 0 Å². The molecule has 0 rings (SSSR count). The molecule has 0 saturated carbocycles. The van der Waals surface area contributed by atoms with Gasteiger partial charge in [-0.25, -0.2) is 0 Å². The molecule has 0 aromatic rings. The van der Waals surface area contributed by atoms with Gasteiger partial charge in [-0.2, -0.15) is 0 Å². The van der Waals surface area contributed by atoms with Crippen LogP contribution in [-0.4, -0.2) is 35.0 Å². The van der Waals surface area contributed by atoms with Crippen molar-refractivity contribution >= 4 is 33.5 Å². The van der Waals surface area contributed by atoms with Crippen LogP contribution in [0.4, 0.5) is 0 Å². The van der Waals surface area contributed by atoms with Gasteiger partial charge in [-0.3, -0.25) is 0 Å². The molecule has 0 radical (unpaired) electrons. The summed E-state index contributed by atoms with van der Waals surface area (Å²) < 4.78 is 0. The van der Waals surface area contributed by atoms with Crippen LogP contribution in [-0.2, 0) is 9.59 Å². The second-order valence-electron chi connectivity index (χ2n) is 5.25. The lowest BCUT2D eigenvalue weighted by atomic mass is 10.1. The standard InChI is InChI=1S/C14H28N2O4S2/c1-2-3-4-5-6-7-8-11(12(16)14(19)20)22-21-9-10(15)13(17)18/h10-12H,2-9,15-16H2,1H3,(H,17,18)(H,19,20)/p-2. The third-order valence-electron chi connectivity index (χ3n) is 3.26. The molecule has 0 aliphatic carbocycles. The van der Waals surface area contributed by atoms with Crippen molar-refractivity contribution < 1.29 is 19.8 Å². The Balaban J connectivity index is 4.10. The molecule has 0 fully saturated rings. The first-order valence-corrected chi connectivity index (χ1v) is 9.99. The first kappa shape index (κ1) is 21.6. The normalized spacial score (nSPS) is 15.2. The Hall–Kier alpha value is -0.440. The van der Waals surface area contributed by atoms with Crippen molar-refractivity contribution in [3.8, 4) is 0 Å². The van der Waals surface area contributed by atoms with E-state index in [1.807, 2.05) is 0 Å². The lowest BCUT2D eigenvalue weighted by molar-refractivity contribution is -0.308. The molecule has 130 valence electrons. The summed E-state index contributed by atoms with van der Waals surface area (Å²) in [7, 11) is 2.49. The van der Waals surface area contributed by atoms with Crippen LogP contribution in [0.3, 0.4) is 0 Å². The third kappa shape index (κ3) is 10.3. The molecule has 0 heterocycles. The summed E-state index contributed by atoms with van der Waals surface area (Å²) in [6.45, 7) is 2.15. The van der Waals surface area contributed by atoms with Crippen molar-refractivity contribution in [2.45, 2.75) is 69.2 Å². The lowest BCUT2D eigenvalue weighted by Gasteiger charge is -2.24. The molecular weight excluding hydrogens is 324 g/mol. The van der Waals surface area contributed by atoms with Crippen molar-refractivity contribution in [3.05, 3.63) is 0 Å². The van der Waals surface area contributed by atoms with E-state index in [4.69, 9.17) is 11.5 Å². The molecule has 3 unspecified atom stereocenters. The molecule has 0 spiro atoms. The minimum Gasteiger partial charge on any atom is -0.548 e. The van der Waals surface area contributed by atoms with Gasteiger partial charge in [0, 0.05) is 11.0 Å². The topological polar surface area (TPSA) is 132 Å². The molecule has 8 heteroatoms. The Morgan fingerprint density at radius 1 is 1.00 bits per heavy atom. The molecule has 0 saturated heterocycles. The maximum Gasteiger partial charge on any atom is 0.0593 e. The molecule has 0 aliphatic heterocycles. The number of hydrogen-bond acceptors (Lipinski definition) is 8. The van der Waals surface area contributed by atoms with Gasteiger partial charge >= 0.3 is 0 Å². The summed E-state index contributed by atoms with van der Waals surface area (Å²) in [6, 6.07) is -2.13. The molecule has 0 aromatic heterocycles. The van der Waals surface area contributed by atoms with Gasteiger partial charge in [-0.15, -0.1) is 0 Å². The number of carbonyl (C=O) groups is 2. The average Bonchev–Trinajstić information content (AvgIpc) is 2.47. The molecule has 6 nitrogen and oxygen atoms in total. The monoisotopic (exact) mass is 350 g/mol. The second-order valence-corrected chi connectivity index (χ2v) is 7.90. The highest BCUT2D eigenvalue weighted by Crippen LogP contribution is 2.32. The zero-order chi connectivity index (χ0) is 17.0. The highest BCUT2D eigenvalue weighted by Gasteiger charge is 2.20. The van der Waals surface area contributed by atoms with Crippen LogP contribution in [0.2, 0.25) is 0 Å². The van der Waals surface area contributed by atoms with Gasteiger partial charge < -0.3 is 31.3 Å². The summed E-state index contributed by atoms with van der Waals surface area (Å²) in [5.74, 6) is -2.45. The summed E-state index contributed by atoms with van der Waals surface area (Å²) in [5.41, 5.74) is 11.0. The maximum atomic E-state index is 10.9. The van der Waals surface area contributed by atoms with E-state index in [1.165, 1.54) is 40.9 Å². The number of carbonyl (C=O) groups excluding carboxylic acids is 2. The van der Waals surface area contributed by atoms with E-state index in [2.05, 4.69) is 6.92 Å². The van der Waals surface area contributed by atoms with E-state index in [9.17, 15) is 19.8 Å². The molecule has 22 heavy (non-hydrogen) atoms. The molecule has 0 amide bonds. The van der Waals surface area contributed by atoms with Gasteiger partial charge in [0.1, 0.15) is 0 Å². The van der Waals surface area contributed by atoms with Crippen molar-refractivity contribution in [2.24, 2.45) is 11.5 Å². The largest absolute Gasteiger partial charge is 0.548 e. The highest BCUT2D eigenvalue weighted by atomic mass is 33.1. The number of hydrogen-bond donors (Lipinski definition) is 2. The Labute approximate surface area is 140 Å². The summed E-state index contributed by atoms with van der Waals surface area (Å²) in [6.07, 6.45) is 7.33. The number of unbranched alkanes of at least 4 members (excludes halogenated alkanes) is 5. The average molecular weight is 351 g/mol. The number of rotatable bonds is 14. The summed E-state index contributed by atoms with van der Waals surface area (Å²) in [4.78, 5) is 21.5. The van der Waals surface area contributed by atoms with Crippen LogP contribution in [0.25, 0.3) is 0 Å². The number of carboxylic acid groups (broad SMARTS) is 2. The Kier molecular flexibility index (Phi) is 12.8.